The molecule has 2 N–H and O–H groups in total. The summed E-state index contributed by atoms with van der Waals surface area (Å²) in [6.45, 7) is 3.09. The Morgan fingerprint density at radius 1 is 1.10 bits per heavy atom. The van der Waals surface area contributed by atoms with E-state index < -0.39 is 17.7 Å². The lowest BCUT2D eigenvalue weighted by atomic mass is 9.95. The number of aromatic hydroxyl groups is 1. The van der Waals surface area contributed by atoms with Gasteiger partial charge in [-0.05, 0) is 42.3 Å². The van der Waals surface area contributed by atoms with Crippen molar-refractivity contribution in [3.63, 3.8) is 0 Å². The van der Waals surface area contributed by atoms with Gasteiger partial charge in [-0.2, -0.15) is 0 Å². The summed E-state index contributed by atoms with van der Waals surface area (Å²) in [6, 6.07) is 10.5. The van der Waals surface area contributed by atoms with Crippen LogP contribution in [-0.4, -0.2) is 46.6 Å². The van der Waals surface area contributed by atoms with Crippen LogP contribution in [0.2, 0.25) is 0 Å². The fourth-order valence-corrected chi connectivity index (χ4v) is 3.74. The molecule has 1 unspecified atom stereocenters. The number of hydrogen-bond donors (Lipinski definition) is 2. The van der Waals surface area contributed by atoms with E-state index in [9.17, 15) is 19.8 Å². The van der Waals surface area contributed by atoms with Crippen LogP contribution in [0.15, 0.2) is 48.0 Å². The van der Waals surface area contributed by atoms with Crippen molar-refractivity contribution in [1.82, 2.24) is 4.90 Å². The van der Waals surface area contributed by atoms with Crippen LogP contribution in [0.4, 0.5) is 0 Å². The minimum Gasteiger partial charge on any atom is -0.508 e. The van der Waals surface area contributed by atoms with E-state index in [0.29, 0.717) is 48.8 Å². The highest BCUT2D eigenvalue weighted by Gasteiger charge is 2.45. The Bertz CT molecular complexity index is 1010. The number of amides is 1. The quantitative estimate of drug-likeness (QED) is 0.469. The molecule has 2 aliphatic rings. The van der Waals surface area contributed by atoms with Gasteiger partial charge in [-0.3, -0.25) is 9.59 Å². The zero-order valence-corrected chi connectivity index (χ0v) is 15.9. The van der Waals surface area contributed by atoms with Gasteiger partial charge in [-0.25, -0.2) is 0 Å². The third-order valence-electron chi connectivity index (χ3n) is 5.01. The van der Waals surface area contributed by atoms with Crippen molar-refractivity contribution >= 4 is 17.4 Å². The Labute approximate surface area is 167 Å². The van der Waals surface area contributed by atoms with Crippen molar-refractivity contribution in [3.05, 3.63) is 59.2 Å². The first-order valence-electron chi connectivity index (χ1n) is 9.48. The number of ketones is 1. The van der Waals surface area contributed by atoms with Crippen LogP contribution < -0.4 is 9.47 Å². The van der Waals surface area contributed by atoms with Crippen LogP contribution in [0.3, 0.4) is 0 Å². The van der Waals surface area contributed by atoms with Crippen LogP contribution in [0.1, 0.15) is 30.5 Å². The van der Waals surface area contributed by atoms with E-state index in [1.807, 2.05) is 6.92 Å². The number of likely N-dealkylation sites (tertiary alicyclic amines) is 1. The molecule has 150 valence electrons. The zero-order chi connectivity index (χ0) is 20.5. The molecule has 7 heteroatoms. The standard InChI is InChI=1S/C22H21NO6/c1-2-8-23-19(13-4-3-5-15(24)11-13)18(21(26)22(23)27)20(25)14-6-7-16-17(12-14)29-10-9-28-16/h3-7,11-12,19,24-25H,2,8-10H2,1H3/b20-18-. The van der Waals surface area contributed by atoms with E-state index in [-0.39, 0.29) is 17.1 Å². The number of nitrogens with zero attached hydrogens (tertiary/aromatic N) is 1. The maximum atomic E-state index is 12.8. The summed E-state index contributed by atoms with van der Waals surface area (Å²) in [7, 11) is 0. The number of phenolic OH excluding ortho intramolecular Hbond substituents is 1. The first-order valence-corrected chi connectivity index (χ1v) is 9.48. The Kier molecular flexibility index (Phi) is 4.88. The molecule has 0 spiro atoms. The average molecular weight is 395 g/mol. The molecule has 1 fully saturated rings. The van der Waals surface area contributed by atoms with Crippen molar-refractivity contribution in [3.8, 4) is 17.2 Å². The van der Waals surface area contributed by atoms with Gasteiger partial charge in [0.15, 0.2) is 11.5 Å². The highest BCUT2D eigenvalue weighted by molar-refractivity contribution is 6.46. The monoisotopic (exact) mass is 395 g/mol. The second-order valence-corrected chi connectivity index (χ2v) is 6.95. The molecule has 0 aliphatic carbocycles. The van der Waals surface area contributed by atoms with E-state index in [1.165, 1.54) is 17.0 Å². The van der Waals surface area contributed by atoms with Gasteiger partial charge in [0.1, 0.15) is 24.7 Å². The Hall–Kier alpha value is -3.48. The first-order chi connectivity index (χ1) is 14.0. The Balaban J connectivity index is 1.86. The maximum Gasteiger partial charge on any atom is 0.295 e. The number of ether oxygens (including phenoxy) is 2. The van der Waals surface area contributed by atoms with Crippen LogP contribution in [0.25, 0.3) is 5.76 Å². The van der Waals surface area contributed by atoms with Gasteiger partial charge in [-0.1, -0.05) is 19.1 Å². The molecule has 1 saturated heterocycles. The minimum atomic E-state index is -0.782. The molecule has 29 heavy (non-hydrogen) atoms. The van der Waals surface area contributed by atoms with Gasteiger partial charge in [0, 0.05) is 12.1 Å². The molecule has 1 amide bonds. The molecule has 2 aromatic rings. The number of Topliss-reactive ketones (excluding diaryl/α,β-unsaturated/α-hetero) is 1. The minimum absolute atomic E-state index is 0.00859. The van der Waals surface area contributed by atoms with Crippen molar-refractivity contribution in [2.75, 3.05) is 19.8 Å². The van der Waals surface area contributed by atoms with Crippen molar-refractivity contribution in [2.24, 2.45) is 0 Å². The molecule has 0 radical (unpaired) electrons. The molecular formula is C22H21NO6. The number of carbonyl (C=O) groups is 2. The first kappa shape index (κ1) is 18.9. The molecule has 4 rings (SSSR count). The van der Waals surface area contributed by atoms with Gasteiger partial charge in [0.2, 0.25) is 0 Å². The molecule has 2 aliphatic heterocycles. The molecule has 0 bridgehead atoms. The van der Waals surface area contributed by atoms with Gasteiger partial charge in [0.05, 0.1) is 11.6 Å². The number of carbonyl (C=O) groups excluding carboxylic acids is 2. The largest absolute Gasteiger partial charge is 0.508 e. The van der Waals surface area contributed by atoms with Gasteiger partial charge in [0.25, 0.3) is 11.7 Å². The molecule has 1 atom stereocenters. The Morgan fingerprint density at radius 2 is 1.86 bits per heavy atom. The predicted octanol–water partition coefficient (Wildman–Crippen LogP) is 3.00. The fraction of sp³-hybridized carbons (Fsp3) is 0.273. The van der Waals surface area contributed by atoms with Gasteiger partial charge in [-0.15, -0.1) is 0 Å². The smallest absolute Gasteiger partial charge is 0.295 e. The highest BCUT2D eigenvalue weighted by atomic mass is 16.6. The van der Waals surface area contributed by atoms with E-state index in [2.05, 4.69) is 0 Å². The van der Waals surface area contributed by atoms with Crippen molar-refractivity contribution in [2.45, 2.75) is 19.4 Å². The number of aliphatic hydroxyl groups is 1. The fourth-order valence-electron chi connectivity index (χ4n) is 3.74. The number of fused-ring (bicyclic) bond motifs is 1. The summed E-state index contributed by atoms with van der Waals surface area (Å²) in [5.41, 5.74) is 0.899. The lowest BCUT2D eigenvalue weighted by Gasteiger charge is -2.25. The molecule has 7 nitrogen and oxygen atoms in total. The molecule has 2 aromatic carbocycles. The van der Waals surface area contributed by atoms with Crippen molar-refractivity contribution < 1.29 is 29.3 Å². The summed E-state index contributed by atoms with van der Waals surface area (Å²) in [4.78, 5) is 26.9. The summed E-state index contributed by atoms with van der Waals surface area (Å²) in [5.74, 6) is -0.657. The van der Waals surface area contributed by atoms with Crippen LogP contribution in [0.5, 0.6) is 17.2 Å². The SMILES string of the molecule is CCCN1C(=O)C(=O)/C(=C(\O)c2ccc3c(c2)OCCO3)C1c1cccc(O)c1. The second-order valence-electron chi connectivity index (χ2n) is 6.95. The lowest BCUT2D eigenvalue weighted by Crippen LogP contribution is -2.30. The number of benzene rings is 2. The Morgan fingerprint density at radius 3 is 2.59 bits per heavy atom. The topological polar surface area (TPSA) is 96.3 Å². The highest BCUT2D eigenvalue weighted by Crippen LogP contribution is 2.41. The van der Waals surface area contributed by atoms with E-state index >= 15 is 0 Å². The lowest BCUT2D eigenvalue weighted by molar-refractivity contribution is -0.139. The third-order valence-corrected chi connectivity index (χ3v) is 5.01. The van der Waals surface area contributed by atoms with Gasteiger partial charge < -0.3 is 24.6 Å². The van der Waals surface area contributed by atoms with Crippen LogP contribution in [0, 0.1) is 0 Å². The summed E-state index contributed by atoms with van der Waals surface area (Å²) < 4.78 is 11.1. The molecule has 2 heterocycles. The van der Waals surface area contributed by atoms with Gasteiger partial charge >= 0.3 is 0 Å². The number of rotatable bonds is 4. The third kappa shape index (κ3) is 3.29. The van der Waals surface area contributed by atoms with E-state index in [1.54, 1.807) is 30.3 Å². The van der Waals surface area contributed by atoms with E-state index in [4.69, 9.17) is 9.47 Å². The summed E-state index contributed by atoms with van der Waals surface area (Å²) >= 11 is 0. The molecular weight excluding hydrogens is 374 g/mol. The van der Waals surface area contributed by atoms with Crippen LogP contribution >= 0.6 is 0 Å². The maximum absolute atomic E-state index is 12.8. The summed E-state index contributed by atoms with van der Waals surface area (Å²) in [5, 5.41) is 20.9. The predicted molar refractivity (Wildman–Crippen MR) is 105 cm³/mol. The second kappa shape index (κ2) is 7.50. The number of aliphatic hydroxyl groups excluding tert-OH is 1. The number of hydrogen-bond acceptors (Lipinski definition) is 6. The zero-order valence-electron chi connectivity index (χ0n) is 15.9. The molecule has 0 saturated carbocycles. The summed E-state index contributed by atoms with van der Waals surface area (Å²) in [6.07, 6.45) is 0.645. The molecule has 0 aromatic heterocycles. The van der Waals surface area contributed by atoms with Crippen LogP contribution in [-0.2, 0) is 9.59 Å². The number of phenols is 1. The van der Waals surface area contributed by atoms with E-state index in [0.717, 1.165) is 0 Å². The average Bonchev–Trinajstić information content (AvgIpc) is 2.98. The normalized spacial score (nSPS) is 20.2. The van der Waals surface area contributed by atoms with Crippen molar-refractivity contribution in [1.29, 1.82) is 0 Å².